The average Bonchev–Trinajstić information content (AvgIpc) is 3.54. The van der Waals surface area contributed by atoms with E-state index in [0.717, 1.165) is 16.6 Å². The molecule has 0 unspecified atom stereocenters. The Hall–Kier alpha value is -6.77. The summed E-state index contributed by atoms with van der Waals surface area (Å²) in [5.74, 6) is 0. The Morgan fingerprint density at radius 3 is 1.31 bits per heavy atom. The Balaban J connectivity index is 1.02. The number of fused-ring (bicyclic) bond motifs is 5. The third-order valence-electron chi connectivity index (χ3n) is 10.3. The van der Waals surface area contributed by atoms with Crippen LogP contribution < -0.4 is 0 Å². The molecule has 0 bridgehead atoms. The summed E-state index contributed by atoms with van der Waals surface area (Å²) in [6.45, 7) is 0. The molecule has 0 aliphatic rings. The summed E-state index contributed by atoms with van der Waals surface area (Å²) in [4.78, 5) is 4.48. The highest BCUT2D eigenvalue weighted by Crippen LogP contribution is 2.44. The van der Waals surface area contributed by atoms with Crippen LogP contribution in [0.15, 0.2) is 194 Å². The Kier molecular flexibility index (Phi) is 6.85. The van der Waals surface area contributed by atoms with Gasteiger partial charge in [0.05, 0.1) is 11.0 Å². The molecule has 0 spiro atoms. The van der Waals surface area contributed by atoms with Gasteiger partial charge in [-0.05, 0) is 96.4 Å². The summed E-state index contributed by atoms with van der Waals surface area (Å²) in [5, 5.41) is 7.45. The fourth-order valence-corrected chi connectivity index (χ4v) is 7.94. The molecule has 0 N–H and O–H groups in total. The van der Waals surface area contributed by atoms with Crippen molar-refractivity contribution in [2.24, 2.45) is 0 Å². The van der Waals surface area contributed by atoms with Crippen molar-refractivity contribution < 1.29 is 0 Å². The van der Waals surface area contributed by atoms with Crippen LogP contribution in [0.1, 0.15) is 0 Å². The molecular formula is C49H32N2. The maximum absolute atomic E-state index is 4.48. The lowest BCUT2D eigenvalue weighted by molar-refractivity contribution is 1.17. The first-order valence-corrected chi connectivity index (χ1v) is 17.5. The quantitative estimate of drug-likeness (QED) is 0.170. The van der Waals surface area contributed by atoms with E-state index in [4.69, 9.17) is 0 Å². The van der Waals surface area contributed by atoms with Crippen molar-refractivity contribution in [1.29, 1.82) is 0 Å². The van der Waals surface area contributed by atoms with Crippen molar-refractivity contribution >= 4 is 43.4 Å². The zero-order chi connectivity index (χ0) is 33.7. The van der Waals surface area contributed by atoms with Crippen LogP contribution in [0.5, 0.6) is 0 Å². The van der Waals surface area contributed by atoms with Gasteiger partial charge >= 0.3 is 0 Å². The van der Waals surface area contributed by atoms with Crippen LogP contribution in [-0.2, 0) is 0 Å². The predicted octanol–water partition coefficient (Wildman–Crippen LogP) is 13.2. The number of nitrogens with zero attached hydrogens (tertiary/aromatic N) is 2. The second-order valence-corrected chi connectivity index (χ2v) is 13.2. The minimum absolute atomic E-state index is 1.15. The second kappa shape index (κ2) is 12.0. The van der Waals surface area contributed by atoms with Gasteiger partial charge in [-0.2, -0.15) is 0 Å². The molecule has 0 aliphatic heterocycles. The maximum Gasteiger partial charge on any atom is 0.0571 e. The first-order chi connectivity index (χ1) is 25.3. The molecule has 10 rings (SSSR count). The van der Waals surface area contributed by atoms with Gasteiger partial charge < -0.3 is 4.57 Å². The zero-order valence-electron chi connectivity index (χ0n) is 27.9. The van der Waals surface area contributed by atoms with Crippen molar-refractivity contribution in [3.8, 4) is 50.2 Å². The lowest BCUT2D eigenvalue weighted by Gasteiger charge is -2.18. The Morgan fingerprint density at radius 1 is 0.314 bits per heavy atom. The van der Waals surface area contributed by atoms with Gasteiger partial charge in [-0.15, -0.1) is 0 Å². The van der Waals surface area contributed by atoms with Gasteiger partial charge in [-0.1, -0.05) is 152 Å². The van der Waals surface area contributed by atoms with Crippen molar-refractivity contribution in [1.82, 2.24) is 9.55 Å². The molecule has 0 atom stereocenters. The van der Waals surface area contributed by atoms with Crippen LogP contribution in [-0.4, -0.2) is 9.55 Å². The van der Waals surface area contributed by atoms with Gasteiger partial charge in [-0.25, -0.2) is 0 Å². The van der Waals surface area contributed by atoms with Crippen LogP contribution in [0.2, 0.25) is 0 Å². The summed E-state index contributed by atoms with van der Waals surface area (Å²) in [6.07, 6.45) is 3.86. The van der Waals surface area contributed by atoms with Crippen LogP contribution in [0, 0.1) is 0 Å². The number of aromatic nitrogens is 2. The standard InChI is InChI=1S/C49H32N2/c1-3-11-36(12-4-1)48-40-15-7-9-17-42(40)49(43-18-10-8-16-41(43)48)37-25-23-34(24-26-37)33-19-21-35(22-20-33)38-27-28-46-44(31-38)45-32-50-30-29-47(45)51(46)39-13-5-2-6-14-39/h1-32H. The Bertz CT molecular complexity index is 2810. The monoisotopic (exact) mass is 648 g/mol. The third-order valence-corrected chi connectivity index (χ3v) is 10.3. The molecule has 51 heavy (non-hydrogen) atoms. The number of hydrogen-bond acceptors (Lipinski definition) is 1. The summed E-state index contributed by atoms with van der Waals surface area (Å²) >= 11 is 0. The number of rotatable bonds is 5. The number of hydrogen-bond donors (Lipinski definition) is 0. The van der Waals surface area contributed by atoms with Crippen LogP contribution in [0.4, 0.5) is 0 Å². The molecule has 0 amide bonds. The van der Waals surface area contributed by atoms with Crippen molar-refractivity contribution in [3.05, 3.63) is 194 Å². The Labute approximate surface area is 296 Å². The van der Waals surface area contributed by atoms with E-state index in [1.807, 2.05) is 12.4 Å². The molecule has 0 saturated heterocycles. The molecule has 2 heterocycles. The lowest BCUT2D eigenvalue weighted by Crippen LogP contribution is -1.93. The van der Waals surface area contributed by atoms with Gasteiger partial charge in [0, 0.05) is 28.9 Å². The van der Waals surface area contributed by atoms with E-state index in [2.05, 4.69) is 192 Å². The van der Waals surface area contributed by atoms with E-state index >= 15 is 0 Å². The molecule has 0 aliphatic carbocycles. The van der Waals surface area contributed by atoms with Gasteiger partial charge in [-0.3, -0.25) is 4.98 Å². The summed E-state index contributed by atoms with van der Waals surface area (Å²) < 4.78 is 2.33. The molecule has 2 nitrogen and oxygen atoms in total. The number of benzene rings is 8. The largest absolute Gasteiger partial charge is 0.309 e. The minimum Gasteiger partial charge on any atom is -0.309 e. The molecule has 238 valence electrons. The summed E-state index contributed by atoms with van der Waals surface area (Å²) in [7, 11) is 0. The van der Waals surface area contributed by atoms with E-state index < -0.39 is 0 Å². The lowest BCUT2D eigenvalue weighted by atomic mass is 9.86. The number of para-hydroxylation sites is 1. The van der Waals surface area contributed by atoms with Gasteiger partial charge in [0.1, 0.15) is 0 Å². The fourth-order valence-electron chi connectivity index (χ4n) is 7.94. The van der Waals surface area contributed by atoms with E-state index in [1.54, 1.807) is 0 Å². The van der Waals surface area contributed by atoms with Gasteiger partial charge in [0.2, 0.25) is 0 Å². The topological polar surface area (TPSA) is 17.8 Å². The highest BCUT2D eigenvalue weighted by Gasteiger charge is 2.17. The van der Waals surface area contributed by atoms with Crippen molar-refractivity contribution in [2.75, 3.05) is 0 Å². The fraction of sp³-hybridized carbons (Fsp3) is 0. The highest BCUT2D eigenvalue weighted by atomic mass is 15.0. The first-order valence-electron chi connectivity index (χ1n) is 17.5. The molecule has 2 heteroatoms. The highest BCUT2D eigenvalue weighted by molar-refractivity contribution is 6.21. The molecule has 0 fully saturated rings. The molecular weight excluding hydrogens is 617 g/mol. The molecule has 2 aromatic heterocycles. The molecule has 10 aromatic rings. The molecule has 8 aromatic carbocycles. The third kappa shape index (κ3) is 4.84. The predicted molar refractivity (Wildman–Crippen MR) is 215 cm³/mol. The van der Waals surface area contributed by atoms with E-state index in [0.29, 0.717) is 0 Å². The second-order valence-electron chi connectivity index (χ2n) is 13.2. The van der Waals surface area contributed by atoms with E-state index in [-0.39, 0.29) is 0 Å². The molecule has 0 radical (unpaired) electrons. The zero-order valence-corrected chi connectivity index (χ0v) is 27.9. The van der Waals surface area contributed by atoms with E-state index in [1.165, 1.54) is 77.0 Å². The van der Waals surface area contributed by atoms with Crippen molar-refractivity contribution in [3.63, 3.8) is 0 Å². The summed E-state index contributed by atoms with van der Waals surface area (Å²) in [6, 6.07) is 65.9. The minimum atomic E-state index is 1.15. The number of pyridine rings is 1. The van der Waals surface area contributed by atoms with Gasteiger partial charge in [0.15, 0.2) is 0 Å². The molecule has 0 saturated carbocycles. The van der Waals surface area contributed by atoms with Crippen LogP contribution in [0.3, 0.4) is 0 Å². The average molecular weight is 649 g/mol. The van der Waals surface area contributed by atoms with Crippen LogP contribution >= 0.6 is 0 Å². The normalized spacial score (nSPS) is 11.5. The first kappa shape index (κ1) is 29.2. The van der Waals surface area contributed by atoms with Crippen molar-refractivity contribution in [2.45, 2.75) is 0 Å². The van der Waals surface area contributed by atoms with Gasteiger partial charge in [0.25, 0.3) is 0 Å². The smallest absolute Gasteiger partial charge is 0.0571 e. The Morgan fingerprint density at radius 2 is 0.745 bits per heavy atom. The SMILES string of the molecule is c1ccc(-c2c3ccccc3c(-c3ccc(-c4ccc(-c5ccc6c(c5)c5cnccc5n6-c5ccccc5)cc4)cc3)c3ccccc23)cc1. The van der Waals surface area contributed by atoms with E-state index in [9.17, 15) is 0 Å². The maximum atomic E-state index is 4.48. The summed E-state index contributed by atoms with van der Waals surface area (Å²) in [5.41, 5.74) is 13.3. The van der Waals surface area contributed by atoms with Crippen LogP contribution in [0.25, 0.3) is 93.5 Å².